The number of benzene rings is 1. The number of nitrogens with one attached hydrogen (secondary N) is 1. The van der Waals surface area contributed by atoms with Gasteiger partial charge in [-0.3, -0.25) is 9.59 Å². The Kier molecular flexibility index (Phi) is 5.33. The average Bonchev–Trinajstić information content (AvgIpc) is 2.87. The highest BCUT2D eigenvalue weighted by atomic mass is 19.4. The first-order chi connectivity index (χ1) is 11.2. The predicted octanol–water partition coefficient (Wildman–Crippen LogP) is 1.15. The highest BCUT2D eigenvalue weighted by Crippen LogP contribution is 2.25. The largest absolute Gasteiger partial charge is 0.573 e. The summed E-state index contributed by atoms with van der Waals surface area (Å²) in [4.78, 5) is 25.0. The summed E-state index contributed by atoms with van der Waals surface area (Å²) in [6.07, 6.45) is -4.84. The number of ether oxygens (including phenoxy) is 1. The van der Waals surface area contributed by atoms with Crippen molar-refractivity contribution in [1.29, 1.82) is 0 Å². The van der Waals surface area contributed by atoms with Crippen molar-refractivity contribution in [1.82, 2.24) is 10.2 Å². The number of nitrogens with zero attached hydrogens (tertiary/aromatic N) is 1. The van der Waals surface area contributed by atoms with Crippen molar-refractivity contribution in [3.05, 3.63) is 29.8 Å². The van der Waals surface area contributed by atoms with E-state index in [-0.39, 0.29) is 37.1 Å². The van der Waals surface area contributed by atoms with Gasteiger partial charge in [-0.25, -0.2) is 0 Å². The number of hydrogen-bond acceptors (Lipinski definition) is 4. The fraction of sp³-hybridized carbons (Fsp3) is 0.467. The van der Waals surface area contributed by atoms with Gasteiger partial charge in [-0.15, -0.1) is 13.2 Å². The summed E-state index contributed by atoms with van der Waals surface area (Å²) >= 11 is 0. The Balaban J connectivity index is 2.11. The first-order valence-corrected chi connectivity index (χ1v) is 7.22. The van der Waals surface area contributed by atoms with Crippen LogP contribution in [0.1, 0.15) is 17.3 Å². The lowest BCUT2D eigenvalue weighted by Crippen LogP contribution is -2.40. The molecule has 1 heterocycles. The Labute approximate surface area is 136 Å². The standard InChI is InChI=1S/C15H17F3N2O4/c1-9(22)19-13-7-20(6-11(13)8-21)14(23)10-3-2-4-12(5-10)24-15(16,17)18/h2-5,11,13,21H,6-8H2,1H3,(H,19,22)/t11-,13+/m0/s1. The van der Waals surface area contributed by atoms with Crippen LogP contribution in [-0.4, -0.2) is 53.9 Å². The number of rotatable bonds is 4. The molecule has 1 saturated heterocycles. The average molecular weight is 346 g/mol. The minimum atomic E-state index is -4.84. The molecule has 0 unspecified atom stereocenters. The second-order valence-corrected chi connectivity index (χ2v) is 5.54. The molecule has 132 valence electrons. The van der Waals surface area contributed by atoms with Crippen LogP contribution in [0.2, 0.25) is 0 Å². The van der Waals surface area contributed by atoms with Gasteiger partial charge in [0.05, 0.1) is 6.04 Å². The van der Waals surface area contributed by atoms with Crippen LogP contribution in [0.15, 0.2) is 24.3 Å². The third kappa shape index (κ3) is 4.60. The summed E-state index contributed by atoms with van der Waals surface area (Å²) in [6, 6.07) is 4.39. The number of aliphatic hydroxyl groups is 1. The van der Waals surface area contributed by atoms with Gasteiger partial charge in [-0.1, -0.05) is 6.07 Å². The molecule has 0 aromatic heterocycles. The van der Waals surface area contributed by atoms with E-state index < -0.39 is 24.1 Å². The maximum absolute atomic E-state index is 12.5. The summed E-state index contributed by atoms with van der Waals surface area (Å²) in [7, 11) is 0. The van der Waals surface area contributed by atoms with E-state index in [1.807, 2.05) is 0 Å². The molecule has 2 amide bonds. The molecule has 2 rings (SSSR count). The number of alkyl halides is 3. The normalized spacial score (nSPS) is 20.8. The smallest absolute Gasteiger partial charge is 0.406 e. The molecule has 1 aliphatic rings. The summed E-state index contributed by atoms with van der Waals surface area (Å²) in [6.45, 7) is 1.49. The van der Waals surface area contributed by atoms with Crippen LogP contribution in [0.3, 0.4) is 0 Å². The fourth-order valence-electron chi connectivity index (χ4n) is 2.66. The molecule has 1 aromatic rings. The lowest BCUT2D eigenvalue weighted by atomic mass is 10.1. The third-order valence-corrected chi connectivity index (χ3v) is 3.67. The number of aliphatic hydroxyl groups excluding tert-OH is 1. The molecule has 2 atom stereocenters. The first kappa shape index (κ1) is 18.1. The predicted molar refractivity (Wildman–Crippen MR) is 77.2 cm³/mol. The van der Waals surface area contributed by atoms with E-state index in [1.54, 1.807) is 0 Å². The minimum Gasteiger partial charge on any atom is -0.406 e. The van der Waals surface area contributed by atoms with Gasteiger partial charge in [0.2, 0.25) is 5.91 Å². The van der Waals surface area contributed by atoms with Crippen molar-refractivity contribution < 1.29 is 32.6 Å². The van der Waals surface area contributed by atoms with Gasteiger partial charge in [-0.2, -0.15) is 0 Å². The van der Waals surface area contributed by atoms with E-state index in [2.05, 4.69) is 10.1 Å². The second kappa shape index (κ2) is 7.08. The van der Waals surface area contributed by atoms with Crippen LogP contribution in [-0.2, 0) is 4.79 Å². The van der Waals surface area contributed by atoms with E-state index in [9.17, 15) is 27.9 Å². The van der Waals surface area contributed by atoms with Gasteiger partial charge in [0, 0.05) is 38.1 Å². The van der Waals surface area contributed by atoms with Crippen molar-refractivity contribution >= 4 is 11.8 Å². The topological polar surface area (TPSA) is 78.9 Å². The van der Waals surface area contributed by atoms with E-state index in [4.69, 9.17) is 0 Å². The molecule has 2 N–H and O–H groups in total. The zero-order chi connectivity index (χ0) is 17.9. The van der Waals surface area contributed by atoms with E-state index in [0.717, 1.165) is 12.1 Å². The van der Waals surface area contributed by atoms with Crippen molar-refractivity contribution in [3.8, 4) is 5.75 Å². The molecule has 0 spiro atoms. The van der Waals surface area contributed by atoms with Gasteiger partial charge < -0.3 is 20.1 Å². The fourth-order valence-corrected chi connectivity index (χ4v) is 2.66. The molecule has 1 aromatic carbocycles. The molecule has 6 nitrogen and oxygen atoms in total. The van der Waals surface area contributed by atoms with E-state index >= 15 is 0 Å². The highest BCUT2D eigenvalue weighted by Gasteiger charge is 2.36. The first-order valence-electron chi connectivity index (χ1n) is 7.22. The number of halogens is 3. The molecule has 9 heteroatoms. The van der Waals surface area contributed by atoms with E-state index in [0.29, 0.717) is 0 Å². The number of likely N-dealkylation sites (tertiary alicyclic amines) is 1. The zero-order valence-corrected chi connectivity index (χ0v) is 12.8. The second-order valence-electron chi connectivity index (χ2n) is 5.54. The Morgan fingerprint density at radius 1 is 1.38 bits per heavy atom. The van der Waals surface area contributed by atoms with Crippen molar-refractivity contribution in [2.75, 3.05) is 19.7 Å². The molecule has 1 aliphatic heterocycles. The van der Waals surface area contributed by atoms with Crippen LogP contribution in [0.5, 0.6) is 5.75 Å². The third-order valence-electron chi connectivity index (χ3n) is 3.67. The SMILES string of the molecule is CC(=O)N[C@@H]1CN(C(=O)c2cccc(OC(F)(F)F)c2)C[C@H]1CO. The Bertz CT molecular complexity index is 621. The summed E-state index contributed by atoms with van der Waals surface area (Å²) < 4.78 is 40.6. The van der Waals surface area contributed by atoms with Gasteiger partial charge >= 0.3 is 6.36 Å². The van der Waals surface area contributed by atoms with Crippen molar-refractivity contribution in [3.63, 3.8) is 0 Å². The Hall–Kier alpha value is -2.29. The molecule has 0 bridgehead atoms. The number of hydrogen-bond donors (Lipinski definition) is 2. The Morgan fingerprint density at radius 3 is 2.67 bits per heavy atom. The van der Waals surface area contributed by atoms with Crippen LogP contribution in [0.4, 0.5) is 13.2 Å². The number of carbonyl (C=O) groups is 2. The highest BCUT2D eigenvalue weighted by molar-refractivity contribution is 5.95. The molecule has 24 heavy (non-hydrogen) atoms. The molecular formula is C15H17F3N2O4. The van der Waals surface area contributed by atoms with E-state index in [1.165, 1.54) is 24.0 Å². The van der Waals surface area contributed by atoms with Gasteiger partial charge in [0.25, 0.3) is 5.91 Å². The zero-order valence-electron chi connectivity index (χ0n) is 12.8. The maximum atomic E-state index is 12.5. The minimum absolute atomic E-state index is 0.0388. The lowest BCUT2D eigenvalue weighted by molar-refractivity contribution is -0.274. The number of amides is 2. The van der Waals surface area contributed by atoms with Gasteiger partial charge in [-0.05, 0) is 18.2 Å². The molecular weight excluding hydrogens is 329 g/mol. The molecule has 1 fully saturated rings. The molecule has 0 aliphatic carbocycles. The van der Waals surface area contributed by atoms with Crippen LogP contribution in [0.25, 0.3) is 0 Å². The summed E-state index contributed by atoms with van der Waals surface area (Å²) in [5.41, 5.74) is 0.0388. The summed E-state index contributed by atoms with van der Waals surface area (Å²) in [5.74, 6) is -1.58. The van der Waals surface area contributed by atoms with Crippen molar-refractivity contribution in [2.45, 2.75) is 19.3 Å². The van der Waals surface area contributed by atoms with Gasteiger partial charge in [0.1, 0.15) is 5.75 Å². The van der Waals surface area contributed by atoms with Crippen LogP contribution >= 0.6 is 0 Å². The number of carbonyl (C=O) groups excluding carboxylic acids is 2. The molecule has 0 saturated carbocycles. The maximum Gasteiger partial charge on any atom is 0.573 e. The lowest BCUT2D eigenvalue weighted by Gasteiger charge is -2.17. The van der Waals surface area contributed by atoms with Crippen LogP contribution < -0.4 is 10.1 Å². The van der Waals surface area contributed by atoms with Crippen molar-refractivity contribution in [2.24, 2.45) is 5.92 Å². The molecule has 0 radical (unpaired) electrons. The monoisotopic (exact) mass is 346 g/mol. The van der Waals surface area contributed by atoms with Crippen LogP contribution in [0, 0.1) is 5.92 Å². The Morgan fingerprint density at radius 2 is 2.08 bits per heavy atom. The quantitative estimate of drug-likeness (QED) is 0.857. The summed E-state index contributed by atoms with van der Waals surface area (Å²) in [5, 5.41) is 12.0. The van der Waals surface area contributed by atoms with Gasteiger partial charge in [0.15, 0.2) is 0 Å².